The Morgan fingerprint density at radius 3 is 2.46 bits per heavy atom. The zero-order chi connectivity index (χ0) is 9.68. The Hall–Kier alpha value is -1.25. The first-order valence-electron chi connectivity index (χ1n) is 4.32. The van der Waals surface area contributed by atoms with Gasteiger partial charge in [-0.25, -0.2) is 4.39 Å². The van der Waals surface area contributed by atoms with Gasteiger partial charge in [-0.05, 0) is 24.1 Å². The lowest BCUT2D eigenvalue weighted by Crippen LogP contribution is -2.00. The topological polar surface area (TPSA) is 29.4 Å². The van der Waals surface area contributed by atoms with Crippen LogP contribution in [0.4, 0.5) is 4.39 Å². The van der Waals surface area contributed by atoms with Crippen LogP contribution in [0.25, 0.3) is 0 Å². The first-order chi connectivity index (χ1) is 6.27. The molecule has 13 heavy (non-hydrogen) atoms. The van der Waals surface area contributed by atoms with E-state index in [1.807, 2.05) is 6.92 Å². The van der Waals surface area contributed by atoms with Crippen molar-refractivity contribution in [2.75, 3.05) is 6.54 Å². The van der Waals surface area contributed by atoms with E-state index in [-0.39, 0.29) is 18.3 Å². The van der Waals surface area contributed by atoms with E-state index in [9.17, 15) is 9.30 Å². The summed E-state index contributed by atoms with van der Waals surface area (Å²) in [6.45, 7) is 2.25. The second kappa shape index (κ2) is 4.70. The van der Waals surface area contributed by atoms with Crippen molar-refractivity contribution in [2.45, 2.75) is 19.3 Å². The quantitative estimate of drug-likeness (QED) is 0.656. The van der Waals surface area contributed by atoms with Crippen molar-refractivity contribution in [3.63, 3.8) is 0 Å². The van der Waals surface area contributed by atoms with Crippen molar-refractivity contribution in [3.05, 3.63) is 40.6 Å². The zero-order valence-electron chi connectivity index (χ0n) is 7.53. The molecule has 1 aromatic carbocycles. The van der Waals surface area contributed by atoms with Crippen LogP contribution in [-0.4, -0.2) is 6.54 Å². The normalized spacial score (nSPS) is 12.5. The maximum absolute atomic E-state index is 12.6. The van der Waals surface area contributed by atoms with E-state index < -0.39 is 0 Å². The molecule has 0 heterocycles. The summed E-state index contributed by atoms with van der Waals surface area (Å²) in [6, 6.07) is 6.22. The number of halogens is 1. The first-order valence-corrected chi connectivity index (χ1v) is 4.32. The van der Waals surface area contributed by atoms with E-state index in [0.717, 1.165) is 12.0 Å². The van der Waals surface area contributed by atoms with E-state index in [2.05, 4.69) is 5.18 Å². The predicted octanol–water partition coefficient (Wildman–Crippen LogP) is 3.09. The molecule has 0 aliphatic rings. The van der Waals surface area contributed by atoms with Gasteiger partial charge in [0.2, 0.25) is 0 Å². The lowest BCUT2D eigenvalue weighted by Gasteiger charge is -2.10. The van der Waals surface area contributed by atoms with E-state index in [4.69, 9.17) is 0 Å². The maximum atomic E-state index is 12.6. The third-order valence-corrected chi connectivity index (χ3v) is 2.13. The van der Waals surface area contributed by atoms with Crippen LogP contribution >= 0.6 is 0 Å². The van der Waals surface area contributed by atoms with Crippen molar-refractivity contribution >= 4 is 0 Å². The minimum Gasteiger partial charge on any atom is -0.207 e. The van der Waals surface area contributed by atoms with Crippen LogP contribution in [-0.2, 0) is 0 Å². The molecule has 1 unspecified atom stereocenters. The van der Waals surface area contributed by atoms with E-state index >= 15 is 0 Å². The van der Waals surface area contributed by atoms with E-state index in [0.29, 0.717) is 0 Å². The average Bonchev–Trinajstić information content (AvgIpc) is 2.16. The second-order valence-corrected chi connectivity index (χ2v) is 2.97. The summed E-state index contributed by atoms with van der Waals surface area (Å²) in [7, 11) is 0. The summed E-state index contributed by atoms with van der Waals surface area (Å²) in [5.74, 6) is -0.129. The van der Waals surface area contributed by atoms with Gasteiger partial charge < -0.3 is 0 Å². The summed E-state index contributed by atoms with van der Waals surface area (Å²) in [5, 5.41) is 2.86. The Morgan fingerprint density at radius 1 is 1.38 bits per heavy atom. The highest BCUT2D eigenvalue weighted by molar-refractivity contribution is 5.20. The molecule has 0 bridgehead atoms. The fourth-order valence-electron chi connectivity index (χ4n) is 1.30. The molecule has 0 saturated carbocycles. The van der Waals surface area contributed by atoms with Crippen molar-refractivity contribution in [3.8, 4) is 0 Å². The van der Waals surface area contributed by atoms with Gasteiger partial charge in [-0.15, -0.1) is 0 Å². The van der Waals surface area contributed by atoms with Crippen LogP contribution in [0, 0.1) is 10.7 Å². The van der Waals surface area contributed by atoms with Crippen LogP contribution in [0.1, 0.15) is 24.8 Å². The van der Waals surface area contributed by atoms with Gasteiger partial charge in [-0.2, -0.15) is 4.91 Å². The molecule has 0 aliphatic carbocycles. The van der Waals surface area contributed by atoms with Crippen LogP contribution in [0.5, 0.6) is 0 Å². The van der Waals surface area contributed by atoms with E-state index in [1.165, 1.54) is 12.1 Å². The molecular weight excluding hydrogens is 169 g/mol. The minimum atomic E-state index is -0.252. The minimum absolute atomic E-state index is 0.123. The Bertz CT molecular complexity index is 271. The lowest BCUT2D eigenvalue weighted by atomic mass is 9.97. The van der Waals surface area contributed by atoms with Crippen LogP contribution < -0.4 is 0 Å². The van der Waals surface area contributed by atoms with Gasteiger partial charge in [-0.3, -0.25) is 0 Å². The lowest BCUT2D eigenvalue weighted by molar-refractivity contribution is 0.622. The summed E-state index contributed by atoms with van der Waals surface area (Å²) < 4.78 is 12.6. The summed E-state index contributed by atoms with van der Waals surface area (Å²) in [4.78, 5) is 10.1. The SMILES string of the molecule is CCC(CN=O)c1ccc(F)cc1. The summed E-state index contributed by atoms with van der Waals surface area (Å²) in [5.41, 5.74) is 0.975. The highest BCUT2D eigenvalue weighted by Crippen LogP contribution is 2.19. The standard InChI is InChI=1S/C10H12FNO/c1-2-8(7-12-13)9-3-5-10(11)6-4-9/h3-6,8H,2,7H2,1H3. The van der Waals surface area contributed by atoms with Crippen molar-refractivity contribution in [1.82, 2.24) is 0 Å². The smallest absolute Gasteiger partial charge is 0.123 e. The Morgan fingerprint density at radius 2 is 2.00 bits per heavy atom. The Labute approximate surface area is 76.8 Å². The molecule has 2 nitrogen and oxygen atoms in total. The molecule has 0 N–H and O–H groups in total. The van der Waals surface area contributed by atoms with Crippen molar-refractivity contribution in [1.29, 1.82) is 0 Å². The molecule has 0 fully saturated rings. The van der Waals surface area contributed by atoms with Crippen molar-refractivity contribution in [2.24, 2.45) is 5.18 Å². The molecule has 0 amide bonds. The first kappa shape index (κ1) is 9.84. The van der Waals surface area contributed by atoms with Crippen LogP contribution in [0.15, 0.2) is 29.4 Å². The molecule has 0 aliphatic heterocycles. The average molecular weight is 181 g/mol. The number of nitrogens with zero attached hydrogens (tertiary/aromatic N) is 1. The number of nitroso groups, excluding NO2 is 1. The van der Waals surface area contributed by atoms with Crippen LogP contribution in [0.2, 0.25) is 0 Å². The molecular formula is C10H12FNO. The molecule has 0 saturated heterocycles. The van der Waals surface area contributed by atoms with Crippen LogP contribution in [0.3, 0.4) is 0 Å². The fraction of sp³-hybridized carbons (Fsp3) is 0.400. The molecule has 0 radical (unpaired) electrons. The van der Waals surface area contributed by atoms with Gasteiger partial charge in [0.25, 0.3) is 0 Å². The molecule has 1 rings (SSSR count). The Balaban J connectivity index is 2.78. The van der Waals surface area contributed by atoms with E-state index in [1.54, 1.807) is 12.1 Å². The van der Waals surface area contributed by atoms with Gasteiger partial charge in [0.1, 0.15) is 5.82 Å². The summed E-state index contributed by atoms with van der Waals surface area (Å²) in [6.07, 6.45) is 0.845. The predicted molar refractivity (Wildman–Crippen MR) is 50.1 cm³/mol. The Kier molecular flexibility index (Phi) is 3.55. The molecule has 3 heteroatoms. The van der Waals surface area contributed by atoms with Gasteiger partial charge >= 0.3 is 0 Å². The zero-order valence-corrected chi connectivity index (χ0v) is 7.53. The third-order valence-electron chi connectivity index (χ3n) is 2.13. The second-order valence-electron chi connectivity index (χ2n) is 2.97. The number of rotatable bonds is 4. The van der Waals surface area contributed by atoms with Gasteiger partial charge in [0, 0.05) is 5.92 Å². The molecule has 0 aromatic heterocycles. The molecule has 70 valence electrons. The molecule has 1 atom stereocenters. The monoisotopic (exact) mass is 181 g/mol. The number of hydrogen-bond donors (Lipinski definition) is 0. The molecule has 0 spiro atoms. The molecule has 1 aromatic rings. The van der Waals surface area contributed by atoms with Crippen molar-refractivity contribution < 1.29 is 4.39 Å². The fourth-order valence-corrected chi connectivity index (χ4v) is 1.30. The number of benzene rings is 1. The summed E-state index contributed by atoms with van der Waals surface area (Å²) >= 11 is 0. The highest BCUT2D eigenvalue weighted by Gasteiger charge is 2.08. The van der Waals surface area contributed by atoms with Gasteiger partial charge in [0.05, 0.1) is 6.54 Å². The van der Waals surface area contributed by atoms with Gasteiger partial charge in [0.15, 0.2) is 0 Å². The van der Waals surface area contributed by atoms with Gasteiger partial charge in [-0.1, -0.05) is 24.2 Å². The third kappa shape index (κ3) is 2.61. The maximum Gasteiger partial charge on any atom is 0.123 e. The number of hydrogen-bond acceptors (Lipinski definition) is 2. The highest BCUT2D eigenvalue weighted by atomic mass is 19.1. The largest absolute Gasteiger partial charge is 0.207 e.